The van der Waals surface area contributed by atoms with Crippen molar-refractivity contribution in [1.82, 2.24) is 5.32 Å². The predicted molar refractivity (Wildman–Crippen MR) is 94.6 cm³/mol. The molecular formula is C18H26N2O3S. The average Bonchev–Trinajstić information content (AvgIpc) is 2.98. The van der Waals surface area contributed by atoms with E-state index in [2.05, 4.69) is 25.2 Å². The lowest BCUT2D eigenvalue weighted by molar-refractivity contribution is -0.123. The van der Waals surface area contributed by atoms with E-state index in [1.807, 2.05) is 20.8 Å². The molecule has 1 aromatic rings. The number of benzene rings is 1. The molecule has 0 saturated heterocycles. The van der Waals surface area contributed by atoms with Gasteiger partial charge in [0.2, 0.25) is 15.9 Å². The quantitative estimate of drug-likeness (QED) is 0.800. The summed E-state index contributed by atoms with van der Waals surface area (Å²) < 4.78 is 22.6. The highest BCUT2D eigenvalue weighted by Crippen LogP contribution is 2.59. The largest absolute Gasteiger partial charge is 0.349 e. The van der Waals surface area contributed by atoms with Crippen molar-refractivity contribution in [2.45, 2.75) is 45.6 Å². The van der Waals surface area contributed by atoms with E-state index in [0.717, 1.165) is 5.56 Å². The van der Waals surface area contributed by atoms with Gasteiger partial charge in [-0.05, 0) is 49.8 Å². The van der Waals surface area contributed by atoms with Crippen molar-refractivity contribution in [2.24, 2.45) is 22.4 Å². The van der Waals surface area contributed by atoms with E-state index in [1.54, 1.807) is 12.1 Å². The number of nitrogens with two attached hydrogens (primary N) is 1. The van der Waals surface area contributed by atoms with Crippen LogP contribution in [0.3, 0.4) is 0 Å². The molecule has 0 spiro atoms. The fraction of sp³-hybridized carbons (Fsp3) is 0.500. The Balaban J connectivity index is 2.06. The summed E-state index contributed by atoms with van der Waals surface area (Å²) in [5.41, 5.74) is 2.03. The Morgan fingerprint density at radius 1 is 1.25 bits per heavy atom. The number of rotatable bonds is 5. The standard InChI is InChI=1S/C18H26N2O3S/c1-11(2)10-15-16(18(15,4)5)17(21)20-12(3)13-6-8-14(9-7-13)24(19,22)23/h6-10,12,15-16H,1-5H3,(H,20,21)(H2,19,22,23)/t12-,15+,16-/m1/s1. The predicted octanol–water partition coefficient (Wildman–Crippen LogP) is 2.75. The molecule has 1 fully saturated rings. The van der Waals surface area contributed by atoms with Crippen LogP contribution in [0.15, 0.2) is 40.8 Å². The molecule has 6 heteroatoms. The molecule has 3 atom stereocenters. The van der Waals surface area contributed by atoms with Crippen LogP contribution in [-0.4, -0.2) is 14.3 Å². The lowest BCUT2D eigenvalue weighted by atomic mass is 10.1. The Kier molecular flexibility index (Phi) is 4.93. The van der Waals surface area contributed by atoms with Crippen LogP contribution in [0.2, 0.25) is 0 Å². The fourth-order valence-corrected chi connectivity index (χ4v) is 3.70. The molecule has 1 aliphatic carbocycles. The molecule has 0 radical (unpaired) electrons. The van der Waals surface area contributed by atoms with Gasteiger partial charge in [0, 0.05) is 0 Å². The number of carbonyl (C=O) groups excluding carboxylic acids is 1. The topological polar surface area (TPSA) is 89.3 Å². The molecular weight excluding hydrogens is 324 g/mol. The number of amides is 1. The lowest BCUT2D eigenvalue weighted by Crippen LogP contribution is -2.29. The Morgan fingerprint density at radius 3 is 2.25 bits per heavy atom. The van der Waals surface area contributed by atoms with Crippen molar-refractivity contribution in [2.75, 3.05) is 0 Å². The molecule has 0 unspecified atom stereocenters. The highest BCUT2D eigenvalue weighted by Gasteiger charge is 2.60. The van der Waals surface area contributed by atoms with Crippen LogP contribution in [0, 0.1) is 17.3 Å². The summed E-state index contributed by atoms with van der Waals surface area (Å²) >= 11 is 0. The number of hydrogen-bond acceptors (Lipinski definition) is 3. The van der Waals surface area contributed by atoms with Crippen molar-refractivity contribution in [3.63, 3.8) is 0 Å². The molecule has 0 heterocycles. The summed E-state index contributed by atoms with van der Waals surface area (Å²) in [5, 5.41) is 8.12. The minimum absolute atomic E-state index is 0.0291. The summed E-state index contributed by atoms with van der Waals surface area (Å²) in [7, 11) is -3.70. The van der Waals surface area contributed by atoms with Crippen molar-refractivity contribution in [3.05, 3.63) is 41.5 Å². The van der Waals surface area contributed by atoms with E-state index in [4.69, 9.17) is 5.14 Å². The second kappa shape index (κ2) is 6.33. The zero-order valence-electron chi connectivity index (χ0n) is 14.8. The van der Waals surface area contributed by atoms with Gasteiger partial charge in [0.25, 0.3) is 0 Å². The maximum Gasteiger partial charge on any atom is 0.238 e. The van der Waals surface area contributed by atoms with Gasteiger partial charge in [0.1, 0.15) is 0 Å². The fourth-order valence-electron chi connectivity index (χ4n) is 3.18. The Labute approximate surface area is 144 Å². The Morgan fingerprint density at radius 2 is 1.79 bits per heavy atom. The van der Waals surface area contributed by atoms with Crippen LogP contribution < -0.4 is 10.5 Å². The summed E-state index contributed by atoms with van der Waals surface area (Å²) in [4.78, 5) is 12.6. The smallest absolute Gasteiger partial charge is 0.238 e. The van der Waals surface area contributed by atoms with Gasteiger partial charge in [-0.25, -0.2) is 13.6 Å². The van der Waals surface area contributed by atoms with Gasteiger partial charge in [-0.15, -0.1) is 0 Å². The summed E-state index contributed by atoms with van der Waals surface area (Å²) in [6.07, 6.45) is 2.16. The van der Waals surface area contributed by atoms with Crippen LogP contribution >= 0.6 is 0 Å². The third-order valence-electron chi connectivity index (χ3n) is 4.77. The van der Waals surface area contributed by atoms with Crippen LogP contribution in [0.1, 0.15) is 46.2 Å². The van der Waals surface area contributed by atoms with Gasteiger partial charge >= 0.3 is 0 Å². The number of carbonyl (C=O) groups is 1. The van der Waals surface area contributed by atoms with E-state index < -0.39 is 10.0 Å². The van der Waals surface area contributed by atoms with E-state index in [1.165, 1.54) is 17.7 Å². The van der Waals surface area contributed by atoms with Gasteiger partial charge in [0.05, 0.1) is 16.9 Å². The van der Waals surface area contributed by atoms with E-state index in [9.17, 15) is 13.2 Å². The van der Waals surface area contributed by atoms with Gasteiger partial charge in [-0.3, -0.25) is 4.79 Å². The highest BCUT2D eigenvalue weighted by molar-refractivity contribution is 7.89. The molecule has 1 aliphatic rings. The SMILES string of the molecule is CC(C)=C[C@H]1[C@H](C(=O)N[C@H](C)c2ccc(S(N)(=O)=O)cc2)C1(C)C. The maximum absolute atomic E-state index is 12.6. The molecule has 1 amide bonds. The van der Waals surface area contributed by atoms with Crippen LogP contribution in [-0.2, 0) is 14.8 Å². The van der Waals surface area contributed by atoms with Crippen molar-refractivity contribution in [1.29, 1.82) is 0 Å². The average molecular weight is 350 g/mol. The number of sulfonamides is 1. The van der Waals surface area contributed by atoms with Gasteiger partial charge in [0.15, 0.2) is 0 Å². The Bertz CT molecular complexity index is 760. The van der Waals surface area contributed by atoms with E-state index in [-0.39, 0.29) is 34.1 Å². The number of primary sulfonamides is 1. The van der Waals surface area contributed by atoms with Crippen LogP contribution in [0.25, 0.3) is 0 Å². The van der Waals surface area contributed by atoms with Crippen molar-refractivity contribution < 1.29 is 13.2 Å². The highest BCUT2D eigenvalue weighted by atomic mass is 32.2. The molecule has 0 aromatic heterocycles. The normalized spacial score (nSPS) is 23.2. The van der Waals surface area contributed by atoms with E-state index >= 15 is 0 Å². The molecule has 1 aromatic carbocycles. The minimum Gasteiger partial charge on any atom is -0.349 e. The summed E-state index contributed by atoms with van der Waals surface area (Å²) in [5.74, 6) is 0.267. The first kappa shape index (κ1) is 18.7. The molecule has 1 saturated carbocycles. The van der Waals surface area contributed by atoms with Crippen LogP contribution in [0.4, 0.5) is 0 Å². The monoisotopic (exact) mass is 350 g/mol. The second-order valence-electron chi connectivity index (χ2n) is 7.41. The first-order chi connectivity index (χ1) is 10.9. The molecule has 24 heavy (non-hydrogen) atoms. The van der Waals surface area contributed by atoms with Crippen LogP contribution in [0.5, 0.6) is 0 Å². The molecule has 5 nitrogen and oxygen atoms in total. The first-order valence-electron chi connectivity index (χ1n) is 8.02. The zero-order chi connectivity index (χ0) is 18.3. The molecule has 2 rings (SSSR count). The van der Waals surface area contributed by atoms with Gasteiger partial charge < -0.3 is 5.32 Å². The third-order valence-corrected chi connectivity index (χ3v) is 5.70. The number of hydrogen-bond donors (Lipinski definition) is 2. The lowest BCUT2D eigenvalue weighted by Gasteiger charge is -2.15. The minimum atomic E-state index is -3.70. The molecule has 0 bridgehead atoms. The summed E-state index contributed by atoms with van der Waals surface area (Å²) in [6.45, 7) is 10.2. The second-order valence-corrected chi connectivity index (χ2v) is 8.97. The maximum atomic E-state index is 12.6. The number of nitrogens with one attached hydrogen (secondary N) is 1. The van der Waals surface area contributed by atoms with Crippen molar-refractivity contribution in [3.8, 4) is 0 Å². The Hall–Kier alpha value is -1.66. The molecule has 3 N–H and O–H groups in total. The van der Waals surface area contributed by atoms with E-state index in [0.29, 0.717) is 0 Å². The zero-order valence-corrected chi connectivity index (χ0v) is 15.6. The molecule has 132 valence electrons. The number of allylic oxidation sites excluding steroid dienone is 2. The van der Waals surface area contributed by atoms with Gasteiger partial charge in [-0.2, -0.15) is 0 Å². The van der Waals surface area contributed by atoms with Gasteiger partial charge in [-0.1, -0.05) is 37.6 Å². The van der Waals surface area contributed by atoms with Crippen molar-refractivity contribution >= 4 is 15.9 Å². The third kappa shape index (κ3) is 3.87. The first-order valence-corrected chi connectivity index (χ1v) is 9.57. The molecule has 0 aliphatic heterocycles. The summed E-state index contributed by atoms with van der Waals surface area (Å²) in [6, 6.07) is 6.07.